The normalized spacial score (nSPS) is 16.0. The van der Waals surface area contributed by atoms with Crippen molar-refractivity contribution in [3.63, 3.8) is 0 Å². The first-order valence-electron chi connectivity index (χ1n) is 23.2. The summed E-state index contributed by atoms with van der Waals surface area (Å²) in [5.74, 6) is 1.70. The van der Waals surface area contributed by atoms with Crippen LogP contribution in [0.2, 0.25) is 18.1 Å². The Labute approximate surface area is 402 Å². The number of carbonyl (C=O) groups excluding carboxylic acids is 2. The zero-order valence-electron chi connectivity index (χ0n) is 39.9. The molecule has 0 spiro atoms. The lowest BCUT2D eigenvalue weighted by atomic mass is 9.83. The van der Waals surface area contributed by atoms with Gasteiger partial charge in [0.2, 0.25) is 5.91 Å². The van der Waals surface area contributed by atoms with E-state index >= 15 is 0 Å². The Hall–Kier alpha value is -7.32. The third kappa shape index (κ3) is 9.98. The van der Waals surface area contributed by atoms with Crippen LogP contribution in [-0.4, -0.2) is 58.1 Å². The minimum Gasteiger partial charge on any atom is -0.497 e. The molecule has 69 heavy (non-hydrogen) atoms. The third-order valence-electron chi connectivity index (χ3n) is 13.4. The van der Waals surface area contributed by atoms with Gasteiger partial charge in [-0.3, -0.25) is 9.59 Å². The lowest BCUT2D eigenvalue weighted by Gasteiger charge is -2.48. The smallest absolute Gasteiger partial charge is 0.355 e. The van der Waals surface area contributed by atoms with Gasteiger partial charge in [0.1, 0.15) is 48.4 Å². The van der Waals surface area contributed by atoms with E-state index in [9.17, 15) is 14.4 Å². The van der Waals surface area contributed by atoms with Crippen molar-refractivity contribution in [2.75, 3.05) is 20.8 Å². The van der Waals surface area contributed by atoms with Crippen LogP contribution in [0, 0.1) is 12.8 Å². The number of nitrogens with zero attached hydrogens (tertiary/aromatic N) is 4. The second kappa shape index (κ2) is 20.9. The molecule has 15 heteroatoms. The van der Waals surface area contributed by atoms with Crippen LogP contribution in [0.25, 0.3) is 43.9 Å². The Kier molecular flexibility index (Phi) is 14.6. The number of hydrogen-bond acceptors (Lipinski definition) is 11. The second-order valence-corrected chi connectivity index (χ2v) is 22.1. The van der Waals surface area contributed by atoms with Gasteiger partial charge in [0.15, 0.2) is 25.2 Å². The molecule has 3 atom stereocenters. The molecule has 356 valence electrons. The summed E-state index contributed by atoms with van der Waals surface area (Å²) >= 11 is 0. The highest BCUT2D eigenvalue weighted by molar-refractivity contribution is 6.73. The number of azide groups is 1. The number of carbonyl (C=O) groups is 2. The number of ether oxygens (including phenoxy) is 5. The molecule has 14 nitrogen and oxygen atoms in total. The number of β-lactam (4-membered cyclic amide) rings is 1. The standard InChI is InChI=1S/C54H56N4O10Si/c1-8-69(9-2,10-3)68-34(5)50-45-28-37(52(58(45)53(50)60)54(61)66-31-35-13-16-38(17-14-35)56-57-55)12-11-25-64-46-24-15-36(27-49(46)63-7)32-65-41-20-23-44-48(30-41)67-47-29-39(59)18-21-43(47)51(44)42-22-19-40(62-6)26-33(42)4/h11-24,26-27,29-30,34,45,50H,8-10,25,28,31-32H2,1-7H3/b12-11+/t34-,45-,50-/m1/s1. The highest BCUT2D eigenvalue weighted by Gasteiger charge is 2.57. The van der Waals surface area contributed by atoms with E-state index < -0.39 is 14.3 Å². The first-order valence-corrected chi connectivity index (χ1v) is 25.8. The fourth-order valence-electron chi connectivity index (χ4n) is 9.51. The number of amides is 1. The summed E-state index contributed by atoms with van der Waals surface area (Å²) in [6, 6.07) is 31.4. The molecule has 0 bridgehead atoms. The molecule has 1 aliphatic carbocycles. The predicted octanol–water partition coefficient (Wildman–Crippen LogP) is 12.0. The summed E-state index contributed by atoms with van der Waals surface area (Å²) in [6.07, 6.45) is 3.83. The number of methoxy groups -OCH3 is 2. The largest absolute Gasteiger partial charge is 0.497 e. The van der Waals surface area contributed by atoms with Crippen LogP contribution in [0.5, 0.6) is 23.0 Å². The van der Waals surface area contributed by atoms with Gasteiger partial charge in [-0.25, -0.2) is 4.79 Å². The van der Waals surface area contributed by atoms with Gasteiger partial charge >= 0.3 is 5.97 Å². The van der Waals surface area contributed by atoms with E-state index in [1.54, 1.807) is 55.5 Å². The molecule has 4 aromatic rings. The van der Waals surface area contributed by atoms with E-state index in [1.807, 2.05) is 80.6 Å². The average molecular weight is 949 g/mol. The molecule has 1 saturated heterocycles. The number of aryl methyl sites for hydroxylation is 1. The van der Waals surface area contributed by atoms with E-state index in [1.165, 1.54) is 6.07 Å². The number of hydrogen-bond donors (Lipinski definition) is 0. The van der Waals surface area contributed by atoms with E-state index in [0.29, 0.717) is 51.8 Å². The van der Waals surface area contributed by atoms with E-state index in [0.717, 1.165) is 57.1 Å². The Morgan fingerprint density at radius 2 is 1.59 bits per heavy atom. The van der Waals surface area contributed by atoms with Crippen molar-refractivity contribution in [2.45, 2.75) is 84.5 Å². The van der Waals surface area contributed by atoms with Crippen molar-refractivity contribution in [3.05, 3.63) is 158 Å². The Bertz CT molecular complexity index is 3020. The minimum absolute atomic E-state index is 0.0290. The lowest BCUT2D eigenvalue weighted by Crippen LogP contribution is -2.63. The topological polar surface area (TPSA) is 172 Å². The van der Waals surface area contributed by atoms with E-state index in [4.69, 9.17) is 38.1 Å². The first kappa shape index (κ1) is 48.1. The van der Waals surface area contributed by atoms with Gasteiger partial charge in [-0.05, 0) is 126 Å². The molecule has 0 radical (unpaired) electrons. The summed E-state index contributed by atoms with van der Waals surface area (Å²) in [4.78, 5) is 44.5. The molecule has 0 unspecified atom stereocenters. The molecule has 4 aliphatic rings. The van der Waals surface area contributed by atoms with E-state index in [-0.39, 0.29) is 54.9 Å². The van der Waals surface area contributed by atoms with Gasteiger partial charge in [0.25, 0.3) is 0 Å². The highest BCUT2D eigenvalue weighted by Crippen LogP contribution is 2.47. The Morgan fingerprint density at radius 3 is 2.30 bits per heavy atom. The fourth-order valence-corrected chi connectivity index (χ4v) is 12.4. The zero-order valence-corrected chi connectivity index (χ0v) is 40.9. The Balaban J connectivity index is 0.963. The maximum absolute atomic E-state index is 13.9. The summed E-state index contributed by atoms with van der Waals surface area (Å²) in [7, 11) is 1.21. The quantitative estimate of drug-likeness (QED) is 0.0136. The summed E-state index contributed by atoms with van der Waals surface area (Å²) < 4.78 is 42.5. The Morgan fingerprint density at radius 1 is 0.855 bits per heavy atom. The van der Waals surface area contributed by atoms with Gasteiger partial charge in [0, 0.05) is 39.2 Å². The molecule has 1 fully saturated rings. The predicted molar refractivity (Wildman–Crippen MR) is 266 cm³/mol. The summed E-state index contributed by atoms with van der Waals surface area (Å²) in [6.45, 7) is 10.9. The van der Waals surface area contributed by atoms with Crippen LogP contribution in [0.15, 0.2) is 135 Å². The van der Waals surface area contributed by atoms with Crippen LogP contribution < -0.4 is 24.4 Å². The van der Waals surface area contributed by atoms with Gasteiger partial charge in [-0.2, -0.15) is 0 Å². The molecule has 1 amide bonds. The minimum atomic E-state index is -2.00. The number of allylic oxidation sites excluding steroid dienone is 1. The van der Waals surface area contributed by atoms with Crippen molar-refractivity contribution in [2.24, 2.45) is 11.0 Å². The molecule has 4 aromatic carbocycles. The fraction of sp³-hybridized carbons (Fsp3) is 0.315. The number of rotatable bonds is 20. The van der Waals surface area contributed by atoms with Crippen LogP contribution in [0.4, 0.5) is 5.69 Å². The van der Waals surface area contributed by atoms with Crippen LogP contribution >= 0.6 is 0 Å². The second-order valence-electron chi connectivity index (χ2n) is 17.3. The molecule has 3 aliphatic heterocycles. The zero-order chi connectivity index (χ0) is 48.8. The summed E-state index contributed by atoms with van der Waals surface area (Å²) in [5, 5.41) is 4.47. The number of esters is 1. The van der Waals surface area contributed by atoms with Crippen LogP contribution in [0.3, 0.4) is 0 Å². The third-order valence-corrected chi connectivity index (χ3v) is 18.2. The molecular formula is C54H56N4O10Si. The molecule has 0 N–H and O–H groups in total. The maximum atomic E-state index is 13.9. The molecule has 3 heterocycles. The molecular weight excluding hydrogens is 893 g/mol. The van der Waals surface area contributed by atoms with Gasteiger partial charge < -0.3 is 37.4 Å². The summed E-state index contributed by atoms with van der Waals surface area (Å²) in [5.41, 5.74) is 15.9. The highest BCUT2D eigenvalue weighted by atomic mass is 28.4. The van der Waals surface area contributed by atoms with Gasteiger partial charge in [0.05, 0.1) is 32.3 Å². The van der Waals surface area contributed by atoms with Gasteiger partial charge in [-0.15, -0.1) is 0 Å². The van der Waals surface area contributed by atoms with Crippen molar-refractivity contribution in [3.8, 4) is 45.4 Å². The molecule has 8 rings (SSSR count). The SMILES string of the molecule is CC[Si](CC)(CC)O[C@H](C)[C@H]1C(=O)N2C(C(=O)OCc3ccc(N=[N+]=[N-])cc3)=C(/C=C/COc3ccc(COc4ccc5c(-c6ccc(OC)cc6C)c6ccc(=O)cc-6oc5c4)cc3OC)C[C@H]12. The van der Waals surface area contributed by atoms with Crippen molar-refractivity contribution in [1.29, 1.82) is 0 Å². The van der Waals surface area contributed by atoms with E-state index in [2.05, 4.69) is 30.8 Å². The average Bonchev–Trinajstić information content (AvgIpc) is 3.69. The van der Waals surface area contributed by atoms with Crippen molar-refractivity contribution in [1.82, 2.24) is 4.90 Å². The van der Waals surface area contributed by atoms with Crippen molar-refractivity contribution < 1.29 is 42.1 Å². The number of fused-ring (bicyclic) bond motifs is 3. The van der Waals surface area contributed by atoms with Crippen LogP contribution in [0.1, 0.15) is 50.8 Å². The monoisotopic (exact) mass is 948 g/mol. The van der Waals surface area contributed by atoms with Crippen molar-refractivity contribution >= 4 is 36.9 Å². The number of benzene rings is 5. The van der Waals surface area contributed by atoms with Gasteiger partial charge in [-0.1, -0.05) is 68.4 Å². The first-order chi connectivity index (χ1) is 33.4. The molecule has 0 aromatic heterocycles. The lowest BCUT2D eigenvalue weighted by molar-refractivity contribution is -0.162. The molecule has 0 saturated carbocycles. The maximum Gasteiger partial charge on any atom is 0.355 e. The van der Waals surface area contributed by atoms with Crippen LogP contribution in [-0.2, 0) is 32.0 Å².